The van der Waals surface area contributed by atoms with Crippen LogP contribution in [0, 0.1) is 0 Å². The van der Waals surface area contributed by atoms with E-state index in [1.54, 1.807) is 18.2 Å². The molecule has 1 aromatic carbocycles. The van der Waals surface area contributed by atoms with Crippen LogP contribution in [0.5, 0.6) is 11.5 Å². The van der Waals surface area contributed by atoms with Gasteiger partial charge in [0, 0.05) is 5.56 Å². The molecule has 0 bridgehead atoms. The van der Waals surface area contributed by atoms with E-state index in [9.17, 15) is 9.59 Å². The van der Waals surface area contributed by atoms with Crippen molar-refractivity contribution >= 4 is 11.8 Å². The summed E-state index contributed by atoms with van der Waals surface area (Å²) in [5.74, 6) is 0.335. The van der Waals surface area contributed by atoms with Gasteiger partial charge >= 0.3 is 5.97 Å². The minimum absolute atomic E-state index is 0.134. The average Bonchev–Trinajstić information content (AvgIpc) is 3.02. The molecule has 3 rings (SSSR count). The highest BCUT2D eigenvalue weighted by Crippen LogP contribution is 2.33. The second-order valence-corrected chi connectivity index (χ2v) is 4.00. The molecule has 1 aromatic rings. The standard InChI is InChI=1S/C13H10O6/c1-16-10-5-11(14)19-13(10)12(15)7-2-3-8-9(4-7)18-6-17-8/h2-5,13H,6H2,1H3/t13-/m1/s1. The number of cyclic esters (lactones) is 1. The van der Waals surface area contributed by atoms with Crippen molar-refractivity contribution in [1.82, 2.24) is 0 Å². The number of Topliss-reactive ketones (excluding diaryl/α,β-unsaturated/α-hetero) is 1. The summed E-state index contributed by atoms with van der Waals surface area (Å²) in [5.41, 5.74) is 0.368. The van der Waals surface area contributed by atoms with Gasteiger partial charge in [-0.2, -0.15) is 0 Å². The summed E-state index contributed by atoms with van der Waals surface area (Å²) < 4.78 is 20.3. The lowest BCUT2D eigenvalue weighted by Crippen LogP contribution is -2.24. The van der Waals surface area contributed by atoms with Gasteiger partial charge < -0.3 is 18.9 Å². The van der Waals surface area contributed by atoms with Gasteiger partial charge in [0.25, 0.3) is 0 Å². The molecule has 2 heterocycles. The predicted molar refractivity (Wildman–Crippen MR) is 61.9 cm³/mol. The van der Waals surface area contributed by atoms with Crippen molar-refractivity contribution < 1.29 is 28.5 Å². The fourth-order valence-electron chi connectivity index (χ4n) is 1.95. The zero-order chi connectivity index (χ0) is 13.4. The SMILES string of the molecule is COC1=CC(=O)O[C@H]1C(=O)c1ccc2c(c1)OCO2. The van der Waals surface area contributed by atoms with Crippen molar-refractivity contribution in [3.8, 4) is 11.5 Å². The number of fused-ring (bicyclic) bond motifs is 1. The van der Waals surface area contributed by atoms with Crippen molar-refractivity contribution in [2.75, 3.05) is 13.9 Å². The second-order valence-electron chi connectivity index (χ2n) is 4.00. The Morgan fingerprint density at radius 1 is 1.32 bits per heavy atom. The van der Waals surface area contributed by atoms with E-state index in [1.807, 2.05) is 0 Å². The molecule has 6 heteroatoms. The molecule has 0 spiro atoms. The summed E-state index contributed by atoms with van der Waals surface area (Å²) in [6.07, 6.45) is 0.132. The van der Waals surface area contributed by atoms with Crippen LogP contribution in [0.4, 0.5) is 0 Å². The normalized spacial score (nSPS) is 19.9. The summed E-state index contributed by atoms with van der Waals surface area (Å²) in [5, 5.41) is 0. The number of hydrogen-bond acceptors (Lipinski definition) is 6. The van der Waals surface area contributed by atoms with E-state index in [4.69, 9.17) is 18.9 Å². The quantitative estimate of drug-likeness (QED) is 0.599. The van der Waals surface area contributed by atoms with Crippen LogP contribution in [0.25, 0.3) is 0 Å². The summed E-state index contributed by atoms with van der Waals surface area (Å²) in [4.78, 5) is 23.4. The Balaban J connectivity index is 1.88. The van der Waals surface area contributed by atoms with E-state index in [1.165, 1.54) is 7.11 Å². The number of carbonyl (C=O) groups excluding carboxylic acids is 2. The first-order valence-electron chi connectivity index (χ1n) is 5.59. The van der Waals surface area contributed by atoms with Gasteiger partial charge in [-0.1, -0.05) is 0 Å². The third kappa shape index (κ3) is 1.91. The van der Waals surface area contributed by atoms with Gasteiger partial charge in [-0.05, 0) is 18.2 Å². The Bertz CT molecular complexity index is 589. The summed E-state index contributed by atoms with van der Waals surface area (Å²) in [7, 11) is 1.38. The van der Waals surface area contributed by atoms with Crippen LogP contribution in [0.15, 0.2) is 30.0 Å². The Hall–Kier alpha value is -2.50. The van der Waals surface area contributed by atoms with E-state index >= 15 is 0 Å². The third-order valence-corrected chi connectivity index (χ3v) is 2.88. The number of hydrogen-bond donors (Lipinski definition) is 0. The molecule has 0 aliphatic carbocycles. The number of benzene rings is 1. The highest BCUT2D eigenvalue weighted by molar-refractivity contribution is 6.05. The van der Waals surface area contributed by atoms with Gasteiger partial charge in [0.05, 0.1) is 13.2 Å². The molecule has 6 nitrogen and oxygen atoms in total. The molecule has 2 aliphatic rings. The number of carbonyl (C=O) groups is 2. The Morgan fingerprint density at radius 2 is 2.11 bits per heavy atom. The highest BCUT2D eigenvalue weighted by atomic mass is 16.7. The Morgan fingerprint density at radius 3 is 2.89 bits per heavy atom. The molecule has 0 N–H and O–H groups in total. The molecule has 0 radical (unpaired) electrons. The zero-order valence-corrected chi connectivity index (χ0v) is 10.0. The van der Waals surface area contributed by atoms with Crippen molar-refractivity contribution in [2.24, 2.45) is 0 Å². The molecule has 0 saturated heterocycles. The first kappa shape index (κ1) is 11.6. The van der Waals surface area contributed by atoms with Crippen LogP contribution in [0.1, 0.15) is 10.4 Å². The minimum atomic E-state index is -1.03. The summed E-state index contributed by atoms with van der Waals surface area (Å²) in [6, 6.07) is 4.79. The number of rotatable bonds is 3. The van der Waals surface area contributed by atoms with Crippen molar-refractivity contribution in [3.63, 3.8) is 0 Å². The van der Waals surface area contributed by atoms with Gasteiger partial charge in [-0.25, -0.2) is 4.79 Å². The molecule has 0 fully saturated rings. The van der Waals surface area contributed by atoms with Crippen molar-refractivity contribution in [2.45, 2.75) is 6.10 Å². The monoisotopic (exact) mass is 262 g/mol. The number of methoxy groups -OCH3 is 1. The van der Waals surface area contributed by atoms with E-state index in [0.717, 1.165) is 6.08 Å². The van der Waals surface area contributed by atoms with E-state index in [2.05, 4.69) is 0 Å². The molecule has 0 unspecified atom stereocenters. The number of ketones is 1. The number of esters is 1. The molecular formula is C13H10O6. The van der Waals surface area contributed by atoms with Gasteiger partial charge in [-0.15, -0.1) is 0 Å². The number of ether oxygens (including phenoxy) is 4. The van der Waals surface area contributed by atoms with E-state index in [0.29, 0.717) is 17.1 Å². The van der Waals surface area contributed by atoms with Crippen LogP contribution < -0.4 is 9.47 Å². The van der Waals surface area contributed by atoms with Gasteiger partial charge in [-0.3, -0.25) is 4.79 Å². The topological polar surface area (TPSA) is 71.1 Å². The molecule has 2 aliphatic heterocycles. The van der Waals surface area contributed by atoms with Crippen molar-refractivity contribution in [3.05, 3.63) is 35.6 Å². The fraction of sp³-hybridized carbons (Fsp3) is 0.231. The minimum Gasteiger partial charge on any atom is -0.496 e. The summed E-state index contributed by atoms with van der Waals surface area (Å²) in [6.45, 7) is 0.134. The van der Waals surface area contributed by atoms with E-state index in [-0.39, 0.29) is 18.3 Å². The van der Waals surface area contributed by atoms with E-state index < -0.39 is 12.1 Å². The van der Waals surface area contributed by atoms with Crippen molar-refractivity contribution in [1.29, 1.82) is 0 Å². The van der Waals surface area contributed by atoms with Gasteiger partial charge in [0.15, 0.2) is 17.3 Å². The molecule has 19 heavy (non-hydrogen) atoms. The predicted octanol–water partition coefficient (Wildman–Crippen LogP) is 1.05. The first-order chi connectivity index (χ1) is 9.19. The Kier molecular flexibility index (Phi) is 2.63. The first-order valence-corrected chi connectivity index (χ1v) is 5.59. The van der Waals surface area contributed by atoms with Gasteiger partial charge in [0.1, 0.15) is 0 Å². The Labute approximate surface area is 108 Å². The van der Waals surface area contributed by atoms with Crippen LogP contribution >= 0.6 is 0 Å². The molecule has 98 valence electrons. The molecule has 0 aromatic heterocycles. The molecule has 0 saturated carbocycles. The van der Waals surface area contributed by atoms with Crippen LogP contribution in [-0.4, -0.2) is 31.8 Å². The lowest BCUT2D eigenvalue weighted by molar-refractivity contribution is -0.137. The summed E-state index contributed by atoms with van der Waals surface area (Å²) >= 11 is 0. The van der Waals surface area contributed by atoms with Crippen LogP contribution in [0.2, 0.25) is 0 Å². The maximum absolute atomic E-state index is 12.3. The van der Waals surface area contributed by atoms with Crippen LogP contribution in [0.3, 0.4) is 0 Å². The smallest absolute Gasteiger partial charge is 0.335 e. The third-order valence-electron chi connectivity index (χ3n) is 2.88. The largest absolute Gasteiger partial charge is 0.496 e. The lowest BCUT2D eigenvalue weighted by Gasteiger charge is -2.12. The fourth-order valence-corrected chi connectivity index (χ4v) is 1.95. The maximum atomic E-state index is 12.3. The zero-order valence-electron chi connectivity index (χ0n) is 10.0. The van der Waals surface area contributed by atoms with Gasteiger partial charge in [0.2, 0.25) is 18.7 Å². The maximum Gasteiger partial charge on any atom is 0.335 e. The lowest BCUT2D eigenvalue weighted by atomic mass is 10.0. The van der Waals surface area contributed by atoms with Crippen LogP contribution in [-0.2, 0) is 14.3 Å². The second kappa shape index (κ2) is 4.31. The molecule has 1 atom stereocenters. The molecular weight excluding hydrogens is 252 g/mol. The highest BCUT2D eigenvalue weighted by Gasteiger charge is 2.35. The molecule has 0 amide bonds. The average molecular weight is 262 g/mol.